The molecule has 1 nitrogen and oxygen atoms in total. The summed E-state index contributed by atoms with van der Waals surface area (Å²) in [5, 5.41) is 2.19. The van der Waals surface area contributed by atoms with E-state index >= 15 is 0 Å². The van der Waals surface area contributed by atoms with Gasteiger partial charge in [-0.2, -0.15) is 0 Å². The van der Waals surface area contributed by atoms with Crippen LogP contribution in [0, 0.1) is 13.8 Å². The van der Waals surface area contributed by atoms with E-state index in [-0.39, 0.29) is 0 Å². The normalized spacial score (nSPS) is 11.0. The van der Waals surface area contributed by atoms with Gasteiger partial charge in [0.25, 0.3) is 0 Å². The van der Waals surface area contributed by atoms with Crippen molar-refractivity contribution in [1.82, 2.24) is 4.81 Å². The van der Waals surface area contributed by atoms with Crippen molar-refractivity contribution in [2.45, 2.75) is 27.3 Å². The molecule has 1 aromatic heterocycles. The maximum Gasteiger partial charge on any atom is 0.182 e. The summed E-state index contributed by atoms with van der Waals surface area (Å²) in [6, 6.07) is 0. The smallest absolute Gasteiger partial charge is 0.182 e. The summed E-state index contributed by atoms with van der Waals surface area (Å²) < 4.78 is 0. The molecule has 0 amide bonds. The van der Waals surface area contributed by atoms with Gasteiger partial charge in [0.05, 0.1) is 0 Å². The van der Waals surface area contributed by atoms with Crippen LogP contribution in [0.4, 0.5) is 0 Å². The number of aryl methyl sites for hydroxylation is 1. The van der Waals surface area contributed by atoms with E-state index in [0.717, 1.165) is 13.1 Å². The Morgan fingerprint density at radius 1 is 1.50 bits per heavy atom. The summed E-state index contributed by atoms with van der Waals surface area (Å²) >= 11 is 1.80. The van der Waals surface area contributed by atoms with Gasteiger partial charge in [-0.15, -0.1) is 11.3 Å². The summed E-state index contributed by atoms with van der Waals surface area (Å²) in [6.45, 7) is 8.14. The third-order valence-corrected chi connectivity index (χ3v) is 3.33. The second kappa shape index (κ2) is 4.10. The van der Waals surface area contributed by atoms with Gasteiger partial charge in [-0.05, 0) is 36.9 Å². The molecule has 0 aliphatic carbocycles. The standard InChI is InChI=1S/C9H14BNS/c1-4-11(10)5-9-8(3)7(2)6-12-9/h6H,4-5H2,1-3H3. The van der Waals surface area contributed by atoms with Gasteiger partial charge >= 0.3 is 0 Å². The Labute approximate surface area is 79.8 Å². The van der Waals surface area contributed by atoms with Crippen molar-refractivity contribution in [3.8, 4) is 0 Å². The summed E-state index contributed by atoms with van der Waals surface area (Å²) in [5.74, 6) is 0. The lowest BCUT2D eigenvalue weighted by Gasteiger charge is -2.13. The van der Waals surface area contributed by atoms with Crippen LogP contribution in [0.5, 0.6) is 0 Å². The molecule has 12 heavy (non-hydrogen) atoms. The highest BCUT2D eigenvalue weighted by atomic mass is 32.1. The topological polar surface area (TPSA) is 3.24 Å². The van der Waals surface area contributed by atoms with E-state index < -0.39 is 0 Å². The third kappa shape index (κ3) is 2.11. The molecule has 0 N–H and O–H groups in total. The zero-order valence-electron chi connectivity index (χ0n) is 7.92. The first-order valence-electron chi connectivity index (χ1n) is 4.18. The fraction of sp³-hybridized carbons (Fsp3) is 0.556. The molecule has 0 aliphatic heterocycles. The quantitative estimate of drug-likeness (QED) is 0.643. The molecule has 2 radical (unpaired) electrons. The molecular weight excluding hydrogens is 165 g/mol. The molecule has 1 heterocycles. The number of rotatable bonds is 3. The molecule has 1 rings (SSSR count). The van der Waals surface area contributed by atoms with E-state index in [9.17, 15) is 0 Å². The summed E-state index contributed by atoms with van der Waals surface area (Å²) in [5.41, 5.74) is 2.77. The van der Waals surface area contributed by atoms with Crippen LogP contribution in [-0.4, -0.2) is 19.3 Å². The van der Waals surface area contributed by atoms with Crippen molar-refractivity contribution in [2.24, 2.45) is 0 Å². The van der Waals surface area contributed by atoms with Gasteiger partial charge in [-0.1, -0.05) is 6.92 Å². The molecule has 64 valence electrons. The van der Waals surface area contributed by atoms with E-state index in [4.69, 9.17) is 7.98 Å². The number of hydrogen-bond acceptors (Lipinski definition) is 2. The van der Waals surface area contributed by atoms with Crippen LogP contribution in [0.25, 0.3) is 0 Å². The van der Waals surface area contributed by atoms with Gasteiger partial charge in [-0.3, -0.25) is 0 Å². The highest BCUT2D eigenvalue weighted by Gasteiger charge is 2.05. The second-order valence-corrected chi connectivity index (χ2v) is 3.99. The molecule has 0 saturated heterocycles. The Hall–Kier alpha value is -0.275. The van der Waals surface area contributed by atoms with Crippen LogP contribution >= 0.6 is 11.3 Å². The maximum atomic E-state index is 5.72. The van der Waals surface area contributed by atoms with Crippen LogP contribution in [-0.2, 0) is 6.54 Å². The average Bonchev–Trinajstić information content (AvgIpc) is 2.36. The largest absolute Gasteiger partial charge is 0.349 e. The zero-order valence-corrected chi connectivity index (χ0v) is 8.74. The third-order valence-electron chi connectivity index (χ3n) is 2.14. The number of hydrogen-bond donors (Lipinski definition) is 0. The van der Waals surface area contributed by atoms with E-state index in [1.807, 2.05) is 4.81 Å². The van der Waals surface area contributed by atoms with Gasteiger partial charge in [0.2, 0.25) is 0 Å². The van der Waals surface area contributed by atoms with Gasteiger partial charge in [0.1, 0.15) is 0 Å². The fourth-order valence-electron chi connectivity index (χ4n) is 1.01. The molecule has 0 fully saturated rings. The molecule has 3 heteroatoms. The Bertz CT molecular complexity index is 257. The molecule has 0 aliphatic rings. The molecular formula is C9H14BNS. The molecule has 1 aromatic rings. The predicted octanol–water partition coefficient (Wildman–Crippen LogP) is 2.27. The first-order chi connectivity index (χ1) is 5.65. The number of nitrogens with zero attached hydrogens (tertiary/aromatic N) is 1. The van der Waals surface area contributed by atoms with Crippen molar-refractivity contribution < 1.29 is 0 Å². The fourth-order valence-corrected chi connectivity index (χ4v) is 2.08. The lowest BCUT2D eigenvalue weighted by Crippen LogP contribution is -2.18. The Balaban J connectivity index is 2.69. The molecule has 0 atom stereocenters. The lowest BCUT2D eigenvalue weighted by molar-refractivity contribution is 0.477. The average molecular weight is 179 g/mol. The SMILES string of the molecule is [B]N(CC)Cc1scc(C)c1C. The lowest BCUT2D eigenvalue weighted by atomic mass is 10.1. The number of thiophene rings is 1. The van der Waals surface area contributed by atoms with E-state index in [0.29, 0.717) is 0 Å². The van der Waals surface area contributed by atoms with Crippen LogP contribution < -0.4 is 0 Å². The Kier molecular flexibility index (Phi) is 3.35. The minimum absolute atomic E-state index is 0.876. The predicted molar refractivity (Wildman–Crippen MR) is 55.6 cm³/mol. The molecule has 0 aromatic carbocycles. The van der Waals surface area contributed by atoms with Gasteiger partial charge in [0, 0.05) is 11.4 Å². The highest BCUT2D eigenvalue weighted by molar-refractivity contribution is 7.10. The second-order valence-electron chi connectivity index (χ2n) is 3.03. The van der Waals surface area contributed by atoms with Gasteiger partial charge in [-0.25, -0.2) is 0 Å². The minimum Gasteiger partial charge on any atom is -0.349 e. The van der Waals surface area contributed by atoms with Crippen molar-refractivity contribution in [3.05, 3.63) is 21.4 Å². The van der Waals surface area contributed by atoms with Crippen molar-refractivity contribution in [1.29, 1.82) is 0 Å². The maximum absolute atomic E-state index is 5.72. The zero-order chi connectivity index (χ0) is 9.14. The van der Waals surface area contributed by atoms with Gasteiger partial charge in [0.15, 0.2) is 7.98 Å². The first-order valence-corrected chi connectivity index (χ1v) is 5.06. The molecule has 0 spiro atoms. The molecule has 0 bridgehead atoms. The minimum atomic E-state index is 0.876. The highest BCUT2D eigenvalue weighted by Crippen LogP contribution is 2.21. The summed E-state index contributed by atoms with van der Waals surface area (Å²) in [4.78, 5) is 3.22. The summed E-state index contributed by atoms with van der Waals surface area (Å²) in [6.07, 6.45) is 0. The van der Waals surface area contributed by atoms with Crippen LogP contribution in [0.2, 0.25) is 0 Å². The van der Waals surface area contributed by atoms with E-state index in [1.165, 1.54) is 16.0 Å². The molecule has 0 unspecified atom stereocenters. The van der Waals surface area contributed by atoms with Crippen molar-refractivity contribution in [3.63, 3.8) is 0 Å². The Morgan fingerprint density at radius 3 is 2.58 bits per heavy atom. The van der Waals surface area contributed by atoms with E-state index in [2.05, 4.69) is 26.2 Å². The van der Waals surface area contributed by atoms with Crippen molar-refractivity contribution >= 4 is 19.3 Å². The van der Waals surface area contributed by atoms with Gasteiger partial charge < -0.3 is 4.81 Å². The molecule has 0 saturated carbocycles. The van der Waals surface area contributed by atoms with Crippen LogP contribution in [0.3, 0.4) is 0 Å². The first kappa shape index (κ1) is 9.81. The van der Waals surface area contributed by atoms with Crippen LogP contribution in [0.15, 0.2) is 5.38 Å². The van der Waals surface area contributed by atoms with Crippen molar-refractivity contribution in [2.75, 3.05) is 6.54 Å². The summed E-state index contributed by atoms with van der Waals surface area (Å²) in [7, 11) is 5.72. The van der Waals surface area contributed by atoms with E-state index in [1.54, 1.807) is 11.3 Å². The van der Waals surface area contributed by atoms with Crippen LogP contribution in [0.1, 0.15) is 22.9 Å². The Morgan fingerprint density at radius 2 is 2.17 bits per heavy atom. The monoisotopic (exact) mass is 179 g/mol.